The van der Waals surface area contributed by atoms with Crippen LogP contribution in [0.5, 0.6) is 0 Å². The molecule has 3 nitrogen and oxygen atoms in total. The second kappa shape index (κ2) is 6.71. The predicted octanol–water partition coefficient (Wildman–Crippen LogP) is 2.87. The number of amides is 1. The molecule has 1 fully saturated rings. The van der Waals surface area contributed by atoms with Gasteiger partial charge in [0.05, 0.1) is 0 Å². The van der Waals surface area contributed by atoms with Crippen molar-refractivity contribution in [3.8, 4) is 0 Å². The maximum absolute atomic E-state index is 12.4. The fraction of sp³-hybridized carbons (Fsp3) is 0.562. The molecule has 19 heavy (non-hydrogen) atoms. The fourth-order valence-electron chi connectivity index (χ4n) is 2.35. The first kappa shape index (κ1) is 14.1. The Balaban J connectivity index is 1.91. The van der Waals surface area contributed by atoms with E-state index in [9.17, 15) is 4.79 Å². The predicted molar refractivity (Wildman–Crippen MR) is 77.6 cm³/mol. The molecule has 3 heteroatoms. The van der Waals surface area contributed by atoms with Crippen molar-refractivity contribution in [1.82, 2.24) is 4.90 Å². The van der Waals surface area contributed by atoms with Gasteiger partial charge in [-0.1, -0.05) is 43.7 Å². The Morgan fingerprint density at radius 1 is 1.37 bits per heavy atom. The van der Waals surface area contributed by atoms with Gasteiger partial charge in [0.15, 0.2) is 0 Å². The van der Waals surface area contributed by atoms with Gasteiger partial charge in [-0.3, -0.25) is 4.79 Å². The molecule has 0 aromatic heterocycles. The molecule has 1 amide bonds. The maximum Gasteiger partial charge on any atom is 0.224 e. The van der Waals surface area contributed by atoms with Crippen LogP contribution >= 0.6 is 0 Å². The van der Waals surface area contributed by atoms with Crippen molar-refractivity contribution < 1.29 is 4.79 Å². The Labute approximate surface area is 115 Å². The summed E-state index contributed by atoms with van der Waals surface area (Å²) >= 11 is 0. The number of hydrogen-bond donors (Lipinski definition) is 1. The van der Waals surface area contributed by atoms with Crippen LogP contribution in [0.15, 0.2) is 30.3 Å². The summed E-state index contributed by atoms with van der Waals surface area (Å²) < 4.78 is 0. The monoisotopic (exact) mass is 260 g/mol. The number of benzene rings is 1. The van der Waals surface area contributed by atoms with Crippen molar-refractivity contribution in [3.05, 3.63) is 35.9 Å². The van der Waals surface area contributed by atoms with Gasteiger partial charge in [0.1, 0.15) is 0 Å². The van der Waals surface area contributed by atoms with E-state index in [4.69, 9.17) is 5.73 Å². The number of unbranched alkanes of at least 4 members (excludes halogenated alkanes) is 1. The van der Waals surface area contributed by atoms with Crippen LogP contribution in [-0.4, -0.2) is 23.4 Å². The Morgan fingerprint density at radius 2 is 2.05 bits per heavy atom. The molecule has 1 aromatic carbocycles. The summed E-state index contributed by atoms with van der Waals surface area (Å²) in [4.78, 5) is 14.4. The highest BCUT2D eigenvalue weighted by Crippen LogP contribution is 2.28. The lowest BCUT2D eigenvalue weighted by Crippen LogP contribution is -2.35. The van der Waals surface area contributed by atoms with Crippen LogP contribution in [0, 0.1) is 0 Å². The van der Waals surface area contributed by atoms with Gasteiger partial charge in [0, 0.05) is 25.0 Å². The number of nitrogens with two attached hydrogens (primary N) is 1. The van der Waals surface area contributed by atoms with Gasteiger partial charge < -0.3 is 10.6 Å². The molecule has 1 atom stereocenters. The highest BCUT2D eigenvalue weighted by Gasteiger charge is 2.32. The summed E-state index contributed by atoms with van der Waals surface area (Å²) in [7, 11) is 0. The van der Waals surface area contributed by atoms with Gasteiger partial charge >= 0.3 is 0 Å². The van der Waals surface area contributed by atoms with Crippen LogP contribution in [0.4, 0.5) is 0 Å². The molecule has 0 spiro atoms. The van der Waals surface area contributed by atoms with E-state index in [0.717, 1.165) is 37.8 Å². The van der Waals surface area contributed by atoms with E-state index in [1.165, 1.54) is 0 Å². The quantitative estimate of drug-likeness (QED) is 0.819. The molecule has 0 aliphatic heterocycles. The SMILES string of the molecule is CCCCN(C(=O)CC(N)c1ccccc1)C1CC1. The molecule has 1 saturated carbocycles. The van der Waals surface area contributed by atoms with Crippen molar-refractivity contribution in [2.45, 2.75) is 51.1 Å². The topological polar surface area (TPSA) is 46.3 Å². The van der Waals surface area contributed by atoms with Crippen LogP contribution in [0.3, 0.4) is 0 Å². The largest absolute Gasteiger partial charge is 0.340 e. The first-order valence-electron chi connectivity index (χ1n) is 7.32. The molecule has 1 aromatic rings. The van der Waals surface area contributed by atoms with Crippen LogP contribution in [-0.2, 0) is 4.79 Å². The second-order valence-corrected chi connectivity index (χ2v) is 5.39. The third-order valence-corrected chi connectivity index (χ3v) is 3.68. The van der Waals surface area contributed by atoms with Crippen LogP contribution < -0.4 is 5.73 Å². The van der Waals surface area contributed by atoms with E-state index in [1.54, 1.807) is 0 Å². The number of hydrogen-bond acceptors (Lipinski definition) is 2. The lowest BCUT2D eigenvalue weighted by molar-refractivity contribution is -0.132. The minimum atomic E-state index is -0.184. The normalized spacial score (nSPS) is 16.1. The molecule has 1 aliphatic rings. The zero-order chi connectivity index (χ0) is 13.7. The Morgan fingerprint density at radius 3 is 2.63 bits per heavy atom. The van der Waals surface area contributed by atoms with Crippen molar-refractivity contribution in [3.63, 3.8) is 0 Å². The lowest BCUT2D eigenvalue weighted by atomic mass is 10.0. The van der Waals surface area contributed by atoms with Crippen molar-refractivity contribution in [1.29, 1.82) is 0 Å². The van der Waals surface area contributed by atoms with Crippen LogP contribution in [0.1, 0.15) is 50.6 Å². The highest BCUT2D eigenvalue weighted by atomic mass is 16.2. The summed E-state index contributed by atoms with van der Waals surface area (Å²) in [5, 5.41) is 0. The first-order chi connectivity index (χ1) is 9.22. The molecule has 0 radical (unpaired) electrons. The van der Waals surface area contributed by atoms with E-state index < -0.39 is 0 Å². The third kappa shape index (κ3) is 4.06. The summed E-state index contributed by atoms with van der Waals surface area (Å²) in [6.45, 7) is 3.05. The molecule has 2 N–H and O–H groups in total. The van der Waals surface area contributed by atoms with E-state index in [-0.39, 0.29) is 11.9 Å². The second-order valence-electron chi connectivity index (χ2n) is 5.39. The van der Waals surface area contributed by atoms with E-state index >= 15 is 0 Å². The smallest absolute Gasteiger partial charge is 0.224 e. The van der Waals surface area contributed by atoms with E-state index in [2.05, 4.69) is 6.92 Å². The standard InChI is InChI=1S/C16H24N2O/c1-2-3-11-18(14-9-10-14)16(19)12-15(17)13-7-5-4-6-8-13/h4-8,14-15H,2-3,9-12,17H2,1H3. The Kier molecular flexibility index (Phi) is 4.97. The van der Waals surface area contributed by atoms with Crippen LogP contribution in [0.25, 0.3) is 0 Å². The van der Waals surface area contributed by atoms with Crippen molar-refractivity contribution in [2.24, 2.45) is 5.73 Å². The highest BCUT2D eigenvalue weighted by molar-refractivity contribution is 5.77. The maximum atomic E-state index is 12.4. The zero-order valence-corrected chi connectivity index (χ0v) is 11.7. The molecular formula is C16H24N2O. The van der Waals surface area contributed by atoms with Crippen molar-refractivity contribution >= 4 is 5.91 Å². The van der Waals surface area contributed by atoms with Gasteiger partial charge in [-0.05, 0) is 24.8 Å². The van der Waals surface area contributed by atoms with Gasteiger partial charge in [-0.25, -0.2) is 0 Å². The van der Waals surface area contributed by atoms with Gasteiger partial charge in [-0.2, -0.15) is 0 Å². The Bertz CT molecular complexity index is 400. The summed E-state index contributed by atoms with van der Waals surface area (Å²) in [5.41, 5.74) is 7.18. The Hall–Kier alpha value is -1.35. The van der Waals surface area contributed by atoms with Crippen molar-refractivity contribution in [2.75, 3.05) is 6.54 Å². The van der Waals surface area contributed by atoms with Gasteiger partial charge in [0.2, 0.25) is 5.91 Å². The average Bonchev–Trinajstić information content (AvgIpc) is 3.25. The van der Waals surface area contributed by atoms with Gasteiger partial charge in [0.25, 0.3) is 0 Å². The molecule has 1 unspecified atom stereocenters. The fourth-order valence-corrected chi connectivity index (χ4v) is 2.35. The number of rotatable bonds is 7. The lowest BCUT2D eigenvalue weighted by Gasteiger charge is -2.24. The van der Waals surface area contributed by atoms with E-state index in [1.807, 2.05) is 35.2 Å². The minimum absolute atomic E-state index is 0.184. The number of nitrogens with zero attached hydrogens (tertiary/aromatic N) is 1. The number of carbonyl (C=O) groups excluding carboxylic acids is 1. The number of carbonyl (C=O) groups is 1. The van der Waals surface area contributed by atoms with Gasteiger partial charge in [-0.15, -0.1) is 0 Å². The molecule has 0 bridgehead atoms. The minimum Gasteiger partial charge on any atom is -0.340 e. The molecule has 0 heterocycles. The van der Waals surface area contributed by atoms with E-state index in [0.29, 0.717) is 12.5 Å². The molecule has 0 saturated heterocycles. The van der Waals surface area contributed by atoms with Crippen LogP contribution in [0.2, 0.25) is 0 Å². The molecule has 104 valence electrons. The molecule has 1 aliphatic carbocycles. The first-order valence-corrected chi connectivity index (χ1v) is 7.32. The summed E-state index contributed by atoms with van der Waals surface area (Å²) in [6.07, 6.45) is 4.96. The molecule has 2 rings (SSSR count). The third-order valence-electron chi connectivity index (χ3n) is 3.68. The summed E-state index contributed by atoms with van der Waals surface area (Å²) in [5.74, 6) is 0.215. The average molecular weight is 260 g/mol. The summed E-state index contributed by atoms with van der Waals surface area (Å²) in [6, 6.07) is 10.2. The molecular weight excluding hydrogens is 236 g/mol. The zero-order valence-electron chi connectivity index (χ0n) is 11.7.